The number of hydrogen-bond acceptors (Lipinski definition) is 3. The number of aryl methyl sites for hydroxylation is 1. The first kappa shape index (κ1) is 13.4. The zero-order valence-electron chi connectivity index (χ0n) is 9.80. The number of thiazole rings is 1. The zero-order valence-corrected chi connectivity index (χ0v) is 12.2. The molecule has 0 spiro atoms. The Morgan fingerprint density at radius 3 is 2.67 bits per heavy atom. The fourth-order valence-electron chi connectivity index (χ4n) is 1.52. The zero-order chi connectivity index (χ0) is 13.3. The lowest BCUT2D eigenvalue weighted by Crippen LogP contribution is -2.08. The molecular formula is C12H11BrF2N2S. The van der Waals surface area contributed by atoms with Gasteiger partial charge in [0, 0.05) is 11.4 Å². The van der Waals surface area contributed by atoms with E-state index in [4.69, 9.17) is 0 Å². The number of aromatic nitrogens is 1. The molecule has 0 aliphatic heterocycles. The summed E-state index contributed by atoms with van der Waals surface area (Å²) in [6.07, 6.45) is 0. The Bertz CT molecular complexity index is 571. The third-order valence-electron chi connectivity index (χ3n) is 2.46. The van der Waals surface area contributed by atoms with Crippen molar-refractivity contribution in [3.8, 4) is 0 Å². The van der Waals surface area contributed by atoms with E-state index >= 15 is 0 Å². The number of hydrogen-bond donors (Lipinski definition) is 1. The van der Waals surface area contributed by atoms with Gasteiger partial charge in [0.15, 0.2) is 0 Å². The molecule has 0 saturated carbocycles. The van der Waals surface area contributed by atoms with Crippen molar-refractivity contribution in [3.63, 3.8) is 0 Å². The first-order chi connectivity index (χ1) is 8.47. The van der Waals surface area contributed by atoms with Crippen LogP contribution in [0.1, 0.15) is 23.7 Å². The summed E-state index contributed by atoms with van der Waals surface area (Å²) in [4.78, 5) is 4.32. The number of halogens is 3. The van der Waals surface area contributed by atoms with Crippen molar-refractivity contribution in [2.45, 2.75) is 19.9 Å². The number of benzene rings is 1. The van der Waals surface area contributed by atoms with Gasteiger partial charge in [-0.05, 0) is 35.8 Å². The molecule has 1 heterocycles. The second-order valence-electron chi connectivity index (χ2n) is 3.90. The SMILES string of the molecule is Cc1nc(C(C)Nc2cc(Br)c(F)cc2F)cs1. The lowest BCUT2D eigenvalue weighted by atomic mass is 10.2. The summed E-state index contributed by atoms with van der Waals surface area (Å²) in [7, 11) is 0. The maximum Gasteiger partial charge on any atom is 0.149 e. The van der Waals surface area contributed by atoms with Gasteiger partial charge in [0.2, 0.25) is 0 Å². The minimum Gasteiger partial charge on any atom is -0.375 e. The van der Waals surface area contributed by atoms with Crippen LogP contribution in [0.3, 0.4) is 0 Å². The van der Waals surface area contributed by atoms with Gasteiger partial charge in [-0.2, -0.15) is 0 Å². The molecular weight excluding hydrogens is 322 g/mol. The average molecular weight is 333 g/mol. The monoisotopic (exact) mass is 332 g/mol. The molecule has 1 aromatic heterocycles. The third kappa shape index (κ3) is 2.87. The van der Waals surface area contributed by atoms with Crippen LogP contribution in [0.4, 0.5) is 14.5 Å². The molecule has 18 heavy (non-hydrogen) atoms. The van der Waals surface area contributed by atoms with E-state index in [1.165, 1.54) is 17.4 Å². The predicted octanol–water partition coefficient (Wildman–Crippen LogP) is 4.67. The van der Waals surface area contributed by atoms with Crippen molar-refractivity contribution in [1.82, 2.24) is 4.98 Å². The van der Waals surface area contributed by atoms with Crippen LogP contribution in [0.25, 0.3) is 0 Å². The summed E-state index contributed by atoms with van der Waals surface area (Å²) >= 11 is 4.57. The molecule has 0 bridgehead atoms. The quantitative estimate of drug-likeness (QED) is 0.826. The lowest BCUT2D eigenvalue weighted by Gasteiger charge is -2.14. The van der Waals surface area contributed by atoms with Crippen LogP contribution in [0, 0.1) is 18.6 Å². The molecule has 2 rings (SSSR count). The van der Waals surface area contributed by atoms with Crippen LogP contribution >= 0.6 is 27.3 Å². The number of nitrogens with zero attached hydrogens (tertiary/aromatic N) is 1. The summed E-state index contributed by atoms with van der Waals surface area (Å²) in [6, 6.07) is 2.10. The van der Waals surface area contributed by atoms with Crippen molar-refractivity contribution in [2.24, 2.45) is 0 Å². The minimum absolute atomic E-state index is 0.137. The predicted molar refractivity (Wildman–Crippen MR) is 72.9 cm³/mol. The van der Waals surface area contributed by atoms with Crippen molar-refractivity contribution < 1.29 is 8.78 Å². The Labute approximate surface area is 116 Å². The molecule has 1 atom stereocenters. The summed E-state index contributed by atoms with van der Waals surface area (Å²) < 4.78 is 26.9. The summed E-state index contributed by atoms with van der Waals surface area (Å²) in [6.45, 7) is 3.79. The molecule has 2 aromatic rings. The van der Waals surface area contributed by atoms with Gasteiger partial charge in [0.25, 0.3) is 0 Å². The van der Waals surface area contributed by atoms with Gasteiger partial charge in [-0.1, -0.05) is 0 Å². The fraction of sp³-hybridized carbons (Fsp3) is 0.250. The van der Waals surface area contributed by atoms with Gasteiger partial charge in [-0.25, -0.2) is 13.8 Å². The number of nitrogens with one attached hydrogen (secondary N) is 1. The molecule has 1 unspecified atom stereocenters. The third-order valence-corrected chi connectivity index (χ3v) is 3.86. The normalized spacial score (nSPS) is 12.5. The van der Waals surface area contributed by atoms with Crippen molar-refractivity contribution in [3.05, 3.63) is 44.3 Å². The van der Waals surface area contributed by atoms with Gasteiger partial charge in [0.05, 0.1) is 26.9 Å². The summed E-state index contributed by atoms with van der Waals surface area (Å²) in [5.74, 6) is -1.23. The van der Waals surface area contributed by atoms with Crippen LogP contribution in [-0.2, 0) is 0 Å². The van der Waals surface area contributed by atoms with Crippen molar-refractivity contribution in [1.29, 1.82) is 0 Å². The maximum atomic E-state index is 13.6. The van der Waals surface area contributed by atoms with Gasteiger partial charge in [-0.15, -0.1) is 11.3 Å². The molecule has 96 valence electrons. The molecule has 0 amide bonds. The molecule has 2 nitrogen and oxygen atoms in total. The standard InChI is InChI=1S/C12H11BrF2N2S/c1-6(12-5-18-7(2)17-12)16-11-3-8(13)9(14)4-10(11)15/h3-6,16H,1-2H3. The molecule has 0 aliphatic rings. The Morgan fingerprint density at radius 2 is 2.06 bits per heavy atom. The Hall–Kier alpha value is -1.01. The number of anilines is 1. The highest BCUT2D eigenvalue weighted by atomic mass is 79.9. The Balaban J connectivity index is 2.21. The summed E-state index contributed by atoms with van der Waals surface area (Å²) in [5, 5.41) is 5.86. The minimum atomic E-state index is -0.616. The molecule has 1 N–H and O–H groups in total. The van der Waals surface area contributed by atoms with E-state index in [0.29, 0.717) is 0 Å². The molecule has 0 aliphatic carbocycles. The van der Waals surface area contributed by atoms with Crippen molar-refractivity contribution in [2.75, 3.05) is 5.32 Å². The first-order valence-corrected chi connectivity index (χ1v) is 6.97. The van der Waals surface area contributed by atoms with Gasteiger partial charge >= 0.3 is 0 Å². The highest BCUT2D eigenvalue weighted by molar-refractivity contribution is 9.10. The fourth-order valence-corrected chi connectivity index (χ4v) is 2.57. The van der Waals surface area contributed by atoms with E-state index in [-0.39, 0.29) is 16.2 Å². The van der Waals surface area contributed by atoms with Crippen LogP contribution in [0.5, 0.6) is 0 Å². The van der Waals surface area contributed by atoms with Gasteiger partial charge in [0.1, 0.15) is 11.6 Å². The second kappa shape index (κ2) is 5.32. The highest BCUT2D eigenvalue weighted by Gasteiger charge is 2.13. The Morgan fingerprint density at radius 1 is 1.33 bits per heavy atom. The summed E-state index contributed by atoms with van der Waals surface area (Å²) in [5.41, 5.74) is 1.10. The average Bonchev–Trinajstić information content (AvgIpc) is 2.73. The van der Waals surface area contributed by atoms with E-state index in [1.807, 2.05) is 19.2 Å². The molecule has 0 fully saturated rings. The van der Waals surface area contributed by atoms with Crippen LogP contribution in [0.2, 0.25) is 0 Å². The van der Waals surface area contributed by atoms with Gasteiger partial charge < -0.3 is 5.32 Å². The largest absolute Gasteiger partial charge is 0.375 e. The molecule has 0 saturated heterocycles. The topological polar surface area (TPSA) is 24.9 Å². The van der Waals surface area contributed by atoms with Crippen LogP contribution in [-0.4, -0.2) is 4.98 Å². The molecule has 0 radical (unpaired) electrons. The smallest absolute Gasteiger partial charge is 0.149 e. The lowest BCUT2D eigenvalue weighted by molar-refractivity contribution is 0.579. The second-order valence-corrected chi connectivity index (χ2v) is 5.82. The molecule has 6 heteroatoms. The number of rotatable bonds is 3. The van der Waals surface area contributed by atoms with E-state index in [0.717, 1.165) is 16.8 Å². The van der Waals surface area contributed by atoms with Gasteiger partial charge in [-0.3, -0.25) is 0 Å². The maximum absolute atomic E-state index is 13.6. The van der Waals surface area contributed by atoms with E-state index in [1.54, 1.807) is 0 Å². The highest BCUT2D eigenvalue weighted by Crippen LogP contribution is 2.27. The van der Waals surface area contributed by atoms with E-state index in [9.17, 15) is 8.78 Å². The van der Waals surface area contributed by atoms with E-state index < -0.39 is 11.6 Å². The van der Waals surface area contributed by atoms with Crippen LogP contribution < -0.4 is 5.32 Å². The van der Waals surface area contributed by atoms with E-state index in [2.05, 4.69) is 26.2 Å². The molecule has 1 aromatic carbocycles. The van der Waals surface area contributed by atoms with Crippen LogP contribution in [0.15, 0.2) is 22.0 Å². The van der Waals surface area contributed by atoms with Crippen molar-refractivity contribution >= 4 is 33.0 Å². The Kier molecular flexibility index (Phi) is 3.97. The first-order valence-electron chi connectivity index (χ1n) is 5.30.